The Labute approximate surface area is 197 Å². The summed E-state index contributed by atoms with van der Waals surface area (Å²) in [6.45, 7) is 0.280. The van der Waals surface area contributed by atoms with E-state index in [1.807, 2.05) is 48.5 Å². The van der Waals surface area contributed by atoms with Gasteiger partial charge in [0.1, 0.15) is 17.3 Å². The fraction of sp³-hybridized carbons (Fsp3) is 0.167. The number of halogens is 1. The molecule has 0 saturated heterocycles. The minimum absolute atomic E-state index is 0.165. The van der Waals surface area contributed by atoms with Crippen molar-refractivity contribution in [3.63, 3.8) is 0 Å². The zero-order valence-electron chi connectivity index (χ0n) is 18.6. The van der Waals surface area contributed by atoms with Crippen molar-refractivity contribution in [2.75, 3.05) is 20.8 Å². The van der Waals surface area contributed by atoms with Crippen molar-refractivity contribution in [3.05, 3.63) is 89.7 Å². The molecular formula is C24H23FN4O4S. The maximum Gasteiger partial charge on any atom is 0.285 e. The van der Waals surface area contributed by atoms with Gasteiger partial charge in [0.2, 0.25) is 5.96 Å². The van der Waals surface area contributed by atoms with Crippen LogP contribution in [0.15, 0.2) is 87.2 Å². The van der Waals surface area contributed by atoms with E-state index in [1.54, 1.807) is 14.2 Å². The number of benzene rings is 3. The lowest BCUT2D eigenvalue weighted by Gasteiger charge is -2.16. The molecule has 0 fully saturated rings. The molecule has 2 N–H and O–H groups in total. The fourth-order valence-electron chi connectivity index (χ4n) is 3.59. The van der Waals surface area contributed by atoms with Crippen molar-refractivity contribution < 1.29 is 22.3 Å². The van der Waals surface area contributed by atoms with Crippen molar-refractivity contribution in [3.8, 4) is 11.5 Å². The average molecular weight is 483 g/mol. The summed E-state index contributed by atoms with van der Waals surface area (Å²) in [4.78, 5) is -0.165. The molecule has 176 valence electrons. The van der Waals surface area contributed by atoms with Gasteiger partial charge in [-0.15, -0.1) is 4.40 Å². The van der Waals surface area contributed by atoms with Gasteiger partial charge in [0.15, 0.2) is 0 Å². The van der Waals surface area contributed by atoms with Crippen LogP contribution >= 0.6 is 0 Å². The van der Waals surface area contributed by atoms with E-state index in [1.165, 1.54) is 5.01 Å². The third-order valence-electron chi connectivity index (χ3n) is 5.41. The molecule has 0 spiro atoms. The van der Waals surface area contributed by atoms with Crippen molar-refractivity contribution in [1.29, 1.82) is 0 Å². The van der Waals surface area contributed by atoms with Gasteiger partial charge in [-0.25, -0.2) is 9.40 Å². The summed E-state index contributed by atoms with van der Waals surface area (Å²) in [5.41, 5.74) is 8.56. The molecular weight excluding hydrogens is 459 g/mol. The Balaban J connectivity index is 1.70. The van der Waals surface area contributed by atoms with Crippen LogP contribution in [-0.4, -0.2) is 45.9 Å². The number of guanidine groups is 1. The predicted octanol–water partition coefficient (Wildman–Crippen LogP) is 3.35. The van der Waals surface area contributed by atoms with Crippen LogP contribution in [0.5, 0.6) is 11.5 Å². The molecule has 0 radical (unpaired) electrons. The number of hydrogen-bond donors (Lipinski definition) is 1. The summed E-state index contributed by atoms with van der Waals surface area (Å²) in [6.07, 6.45) is 0. The van der Waals surface area contributed by atoms with Crippen molar-refractivity contribution in [2.24, 2.45) is 15.2 Å². The van der Waals surface area contributed by atoms with Gasteiger partial charge >= 0.3 is 0 Å². The molecule has 0 amide bonds. The van der Waals surface area contributed by atoms with Crippen LogP contribution in [0, 0.1) is 5.82 Å². The Morgan fingerprint density at radius 1 is 0.971 bits per heavy atom. The molecule has 1 aliphatic rings. The summed E-state index contributed by atoms with van der Waals surface area (Å²) in [5, 5.41) is 5.96. The van der Waals surface area contributed by atoms with E-state index in [-0.39, 0.29) is 23.3 Å². The van der Waals surface area contributed by atoms with Crippen LogP contribution in [0.3, 0.4) is 0 Å². The second-order valence-corrected chi connectivity index (χ2v) is 9.10. The zero-order valence-corrected chi connectivity index (χ0v) is 19.4. The number of rotatable bonds is 6. The third kappa shape index (κ3) is 4.86. The molecule has 4 rings (SSSR count). The average Bonchev–Trinajstić information content (AvgIpc) is 3.30. The summed E-state index contributed by atoms with van der Waals surface area (Å²) in [7, 11) is -0.965. The van der Waals surface area contributed by atoms with Gasteiger partial charge in [-0.3, -0.25) is 0 Å². The van der Waals surface area contributed by atoms with Gasteiger partial charge in [-0.05, 0) is 71.8 Å². The fourth-order valence-corrected chi connectivity index (χ4v) is 4.52. The van der Waals surface area contributed by atoms with Crippen LogP contribution < -0.4 is 15.2 Å². The maximum absolute atomic E-state index is 13.2. The predicted molar refractivity (Wildman–Crippen MR) is 127 cm³/mol. The topological polar surface area (TPSA) is 107 Å². The SMILES string of the molecule is COc1ccc(C2=NN(/C(N)=N/S(=O)(=O)c3ccc(F)cc3)CC2c2ccc(OC)cc2)cc1. The molecule has 10 heteroatoms. The number of nitrogens with two attached hydrogens (primary N) is 1. The smallest absolute Gasteiger partial charge is 0.285 e. The molecule has 8 nitrogen and oxygen atoms in total. The first-order valence-corrected chi connectivity index (χ1v) is 11.7. The number of hydrazone groups is 1. The molecule has 3 aromatic rings. The molecule has 1 unspecified atom stereocenters. The molecule has 0 aliphatic carbocycles. The van der Waals surface area contributed by atoms with Crippen LogP contribution in [0.2, 0.25) is 0 Å². The molecule has 1 heterocycles. The summed E-state index contributed by atoms with van der Waals surface area (Å²) >= 11 is 0. The van der Waals surface area contributed by atoms with Gasteiger partial charge in [-0.2, -0.15) is 13.5 Å². The van der Waals surface area contributed by atoms with Gasteiger partial charge in [-0.1, -0.05) is 12.1 Å². The van der Waals surface area contributed by atoms with E-state index in [4.69, 9.17) is 15.2 Å². The van der Waals surface area contributed by atoms with Crippen molar-refractivity contribution >= 4 is 21.7 Å². The highest BCUT2D eigenvalue weighted by atomic mass is 32.2. The van der Waals surface area contributed by atoms with Gasteiger partial charge in [0.25, 0.3) is 10.0 Å². The Morgan fingerprint density at radius 3 is 2.09 bits per heavy atom. The number of sulfonamides is 1. The van der Waals surface area contributed by atoms with Crippen molar-refractivity contribution in [1.82, 2.24) is 5.01 Å². The van der Waals surface area contributed by atoms with Crippen LogP contribution in [-0.2, 0) is 10.0 Å². The van der Waals surface area contributed by atoms with Gasteiger partial charge < -0.3 is 15.2 Å². The Morgan fingerprint density at radius 2 is 1.53 bits per heavy atom. The Bertz CT molecular complexity index is 1320. The first-order valence-electron chi connectivity index (χ1n) is 10.3. The standard InChI is InChI=1S/C24H23FN4O4S/c1-32-19-9-3-16(4-10-19)22-15-29(27-23(22)17-5-11-20(33-2)12-6-17)24(26)28-34(30,31)21-13-7-18(25)8-14-21/h3-14,22H,15H2,1-2H3,(H2,26,28). The lowest BCUT2D eigenvalue weighted by molar-refractivity contribution is 0.414. The number of ether oxygens (including phenoxy) is 2. The molecule has 3 aromatic carbocycles. The van der Waals surface area contributed by atoms with E-state index in [2.05, 4.69) is 9.50 Å². The highest BCUT2D eigenvalue weighted by Crippen LogP contribution is 2.30. The van der Waals surface area contributed by atoms with Gasteiger partial charge in [0.05, 0.1) is 31.4 Å². The monoisotopic (exact) mass is 482 g/mol. The molecule has 1 aliphatic heterocycles. The van der Waals surface area contributed by atoms with Gasteiger partial charge in [0, 0.05) is 5.92 Å². The summed E-state index contributed by atoms with van der Waals surface area (Å²) < 4.78 is 52.7. The molecule has 0 aromatic heterocycles. The summed E-state index contributed by atoms with van der Waals surface area (Å²) in [6, 6.07) is 19.3. The minimum Gasteiger partial charge on any atom is -0.497 e. The third-order valence-corrected chi connectivity index (χ3v) is 6.70. The second-order valence-electron chi connectivity index (χ2n) is 7.50. The minimum atomic E-state index is -4.14. The highest BCUT2D eigenvalue weighted by molar-refractivity contribution is 7.90. The number of hydrogen-bond acceptors (Lipinski definition) is 5. The first kappa shape index (κ1) is 23.2. The second kappa shape index (κ2) is 9.52. The highest BCUT2D eigenvalue weighted by Gasteiger charge is 2.31. The normalized spacial score (nSPS) is 16.3. The van der Waals surface area contributed by atoms with Crippen molar-refractivity contribution in [2.45, 2.75) is 10.8 Å². The van der Waals surface area contributed by atoms with E-state index in [0.717, 1.165) is 35.4 Å². The quantitative estimate of drug-likeness (QED) is 0.427. The molecule has 0 bridgehead atoms. The maximum atomic E-state index is 13.2. The number of methoxy groups -OCH3 is 2. The van der Waals surface area contributed by atoms with E-state index < -0.39 is 15.8 Å². The molecule has 1 atom stereocenters. The van der Waals surface area contributed by atoms with Crippen LogP contribution in [0.4, 0.5) is 4.39 Å². The van der Waals surface area contributed by atoms with Crippen LogP contribution in [0.1, 0.15) is 17.0 Å². The van der Waals surface area contributed by atoms with Crippen LogP contribution in [0.25, 0.3) is 0 Å². The number of nitrogens with zero attached hydrogens (tertiary/aromatic N) is 3. The summed E-state index contributed by atoms with van der Waals surface area (Å²) in [5.74, 6) is 0.374. The van der Waals surface area contributed by atoms with E-state index in [0.29, 0.717) is 17.2 Å². The Hall–Kier alpha value is -3.92. The zero-order chi connectivity index (χ0) is 24.3. The molecule has 34 heavy (non-hydrogen) atoms. The lowest BCUT2D eigenvalue weighted by Crippen LogP contribution is -2.33. The van der Waals surface area contributed by atoms with E-state index >= 15 is 0 Å². The Kier molecular flexibility index (Phi) is 6.51. The molecule has 0 saturated carbocycles. The first-order chi connectivity index (χ1) is 16.3. The lowest BCUT2D eigenvalue weighted by atomic mass is 9.90. The van der Waals surface area contributed by atoms with E-state index in [9.17, 15) is 12.8 Å². The largest absolute Gasteiger partial charge is 0.497 e.